The number of aryl methyl sites for hydroxylation is 2. The van der Waals surface area contributed by atoms with Crippen LogP contribution in [0, 0.1) is 13.8 Å². The minimum atomic E-state index is -1.03. The van der Waals surface area contributed by atoms with Crippen molar-refractivity contribution in [2.24, 2.45) is 0 Å². The molecule has 0 aliphatic heterocycles. The number of nitrogens with zero attached hydrogens (tertiary/aromatic N) is 2. The lowest BCUT2D eigenvalue weighted by Crippen LogP contribution is -2.45. The number of aromatic nitrogens is 2. The van der Waals surface area contributed by atoms with Crippen LogP contribution in [0.25, 0.3) is 0 Å². The van der Waals surface area contributed by atoms with Gasteiger partial charge in [-0.25, -0.2) is 0 Å². The second kappa shape index (κ2) is 11.6. The van der Waals surface area contributed by atoms with Gasteiger partial charge in [0.15, 0.2) is 0 Å². The topological polar surface area (TPSA) is 140 Å². The average Bonchev–Trinajstić information content (AvgIpc) is 2.75. The van der Waals surface area contributed by atoms with E-state index in [9.17, 15) is 19.2 Å². The van der Waals surface area contributed by atoms with Gasteiger partial charge in [-0.1, -0.05) is 30.3 Å². The molecule has 1 atom stereocenters. The first-order chi connectivity index (χ1) is 15.2. The quantitative estimate of drug-likeness (QED) is 0.459. The summed E-state index contributed by atoms with van der Waals surface area (Å²) in [6.45, 7) is 5.16. The Kier molecular flexibility index (Phi) is 8.94. The highest BCUT2D eigenvalue weighted by atomic mass is 16.7. The van der Waals surface area contributed by atoms with E-state index >= 15 is 0 Å². The zero-order valence-electron chi connectivity index (χ0n) is 18.4. The van der Waals surface area contributed by atoms with E-state index in [1.807, 2.05) is 30.3 Å². The minimum absolute atomic E-state index is 0.0243. The highest BCUT2D eigenvalue weighted by Gasteiger charge is 2.18. The molecular formula is C22H28N4O6. The van der Waals surface area contributed by atoms with E-state index in [-0.39, 0.29) is 38.1 Å². The summed E-state index contributed by atoms with van der Waals surface area (Å²) in [6.07, 6.45) is -0.173. The van der Waals surface area contributed by atoms with Crippen LogP contribution in [-0.2, 0) is 27.4 Å². The molecule has 172 valence electrons. The molecule has 0 radical (unpaired) electrons. The van der Waals surface area contributed by atoms with Gasteiger partial charge in [0, 0.05) is 19.4 Å². The highest BCUT2D eigenvalue weighted by molar-refractivity contribution is 5.87. The van der Waals surface area contributed by atoms with E-state index < -0.39 is 29.4 Å². The second-order valence-electron chi connectivity index (χ2n) is 7.31. The van der Waals surface area contributed by atoms with Crippen molar-refractivity contribution in [3.8, 4) is 0 Å². The first kappa shape index (κ1) is 24.6. The molecule has 10 heteroatoms. The molecular weight excluding hydrogens is 416 g/mol. The summed E-state index contributed by atoms with van der Waals surface area (Å²) in [7, 11) is 0. The molecule has 32 heavy (non-hydrogen) atoms. The molecule has 0 unspecified atom stereocenters. The largest absolute Gasteiger partial charge is 0.481 e. The number of amides is 2. The Hall–Kier alpha value is -3.69. The maximum Gasteiger partial charge on any atom is 0.305 e. The van der Waals surface area contributed by atoms with Crippen molar-refractivity contribution in [2.45, 2.75) is 52.7 Å². The number of carboxylic acids is 1. The first-order valence-electron chi connectivity index (χ1n) is 10.2. The second-order valence-corrected chi connectivity index (χ2v) is 7.31. The van der Waals surface area contributed by atoms with Crippen molar-refractivity contribution in [3.05, 3.63) is 63.3 Å². The monoisotopic (exact) mass is 444 g/mol. The van der Waals surface area contributed by atoms with Crippen LogP contribution in [0.4, 0.5) is 0 Å². The maximum atomic E-state index is 12.8. The lowest BCUT2D eigenvalue weighted by atomic mass is 10.2. The smallest absolute Gasteiger partial charge is 0.305 e. The predicted molar refractivity (Wildman–Crippen MR) is 116 cm³/mol. The number of hydrogen-bond donors (Lipinski definition) is 3. The maximum absolute atomic E-state index is 12.8. The third-order valence-electron chi connectivity index (χ3n) is 4.76. The van der Waals surface area contributed by atoms with Gasteiger partial charge >= 0.3 is 11.5 Å². The van der Waals surface area contributed by atoms with Crippen LogP contribution in [0.3, 0.4) is 0 Å². The molecule has 2 aromatic rings. The summed E-state index contributed by atoms with van der Waals surface area (Å²) in [6, 6.07) is 8.58. The number of aliphatic carboxylic acids is 1. The Labute approximate surface area is 185 Å². The summed E-state index contributed by atoms with van der Waals surface area (Å²) in [4.78, 5) is 57.4. The SMILES string of the molecule is Cc1nc(CCC(=O)N[C@@H](C)C(=O)NCCC(=O)O)c(=O)n(OCc2ccccc2)c1C. The third kappa shape index (κ3) is 7.22. The molecule has 2 rings (SSSR count). The Morgan fingerprint density at radius 1 is 1.16 bits per heavy atom. The van der Waals surface area contributed by atoms with Gasteiger partial charge in [-0.2, -0.15) is 0 Å². The van der Waals surface area contributed by atoms with Gasteiger partial charge in [0.25, 0.3) is 0 Å². The molecule has 1 aromatic heterocycles. The summed E-state index contributed by atoms with van der Waals surface area (Å²) in [5, 5.41) is 13.6. The summed E-state index contributed by atoms with van der Waals surface area (Å²) in [5.41, 5.74) is 1.85. The molecule has 1 aromatic carbocycles. The molecule has 0 spiro atoms. The van der Waals surface area contributed by atoms with Crippen LogP contribution in [0.2, 0.25) is 0 Å². The van der Waals surface area contributed by atoms with Crippen molar-refractivity contribution in [1.29, 1.82) is 0 Å². The van der Waals surface area contributed by atoms with Gasteiger partial charge in [0.1, 0.15) is 18.3 Å². The Morgan fingerprint density at radius 2 is 1.84 bits per heavy atom. The number of carbonyl (C=O) groups excluding carboxylic acids is 2. The van der Waals surface area contributed by atoms with Crippen molar-refractivity contribution < 1.29 is 24.3 Å². The minimum Gasteiger partial charge on any atom is -0.481 e. The Balaban J connectivity index is 1.96. The van der Waals surface area contributed by atoms with E-state index in [4.69, 9.17) is 9.94 Å². The van der Waals surface area contributed by atoms with Gasteiger partial charge in [-0.3, -0.25) is 24.2 Å². The van der Waals surface area contributed by atoms with Crippen LogP contribution in [0.15, 0.2) is 35.1 Å². The fourth-order valence-electron chi connectivity index (χ4n) is 2.84. The predicted octanol–water partition coefficient (Wildman–Crippen LogP) is 0.517. The molecule has 10 nitrogen and oxygen atoms in total. The van der Waals surface area contributed by atoms with Gasteiger partial charge in [-0.05, 0) is 26.3 Å². The summed E-state index contributed by atoms with van der Waals surface area (Å²) >= 11 is 0. The number of nitrogens with one attached hydrogen (secondary N) is 2. The summed E-state index contributed by atoms with van der Waals surface area (Å²) < 4.78 is 1.20. The van der Waals surface area contributed by atoms with Gasteiger partial charge < -0.3 is 20.6 Å². The van der Waals surface area contributed by atoms with Crippen LogP contribution in [0.5, 0.6) is 0 Å². The fourth-order valence-corrected chi connectivity index (χ4v) is 2.84. The summed E-state index contributed by atoms with van der Waals surface area (Å²) in [5.74, 6) is -1.94. The van der Waals surface area contributed by atoms with Gasteiger partial charge in [-0.15, -0.1) is 4.73 Å². The molecule has 0 fully saturated rings. The molecule has 1 heterocycles. The first-order valence-corrected chi connectivity index (χ1v) is 10.2. The van der Waals surface area contributed by atoms with Crippen LogP contribution >= 0.6 is 0 Å². The lowest BCUT2D eigenvalue weighted by Gasteiger charge is -2.15. The van der Waals surface area contributed by atoms with Crippen LogP contribution in [0.1, 0.15) is 42.4 Å². The van der Waals surface area contributed by atoms with Crippen LogP contribution < -0.4 is 21.0 Å². The highest BCUT2D eigenvalue weighted by Crippen LogP contribution is 2.05. The van der Waals surface area contributed by atoms with Crippen molar-refractivity contribution in [2.75, 3.05) is 6.54 Å². The van der Waals surface area contributed by atoms with E-state index in [0.717, 1.165) is 5.56 Å². The number of carboxylic acid groups (broad SMARTS) is 1. The zero-order valence-corrected chi connectivity index (χ0v) is 18.4. The third-order valence-corrected chi connectivity index (χ3v) is 4.76. The molecule has 2 amide bonds. The van der Waals surface area contributed by atoms with Crippen molar-refractivity contribution in [3.63, 3.8) is 0 Å². The molecule has 0 aliphatic carbocycles. The van der Waals surface area contributed by atoms with E-state index in [1.54, 1.807) is 13.8 Å². The van der Waals surface area contributed by atoms with E-state index in [2.05, 4.69) is 15.6 Å². The zero-order chi connectivity index (χ0) is 23.7. The van der Waals surface area contributed by atoms with Crippen molar-refractivity contribution >= 4 is 17.8 Å². The van der Waals surface area contributed by atoms with Gasteiger partial charge in [0.05, 0.1) is 17.8 Å². The standard InChI is InChI=1S/C22H28N4O6/c1-14-16(3)26(32-13-17-7-5-4-6-8-17)22(31)18(24-14)9-10-19(27)25-15(2)21(30)23-12-11-20(28)29/h4-8,15H,9-13H2,1-3H3,(H,23,30)(H,25,27)(H,28,29)/t15-/m0/s1. The van der Waals surface area contributed by atoms with Gasteiger partial charge in [0.2, 0.25) is 11.8 Å². The number of carbonyl (C=O) groups is 3. The molecule has 0 bridgehead atoms. The van der Waals surface area contributed by atoms with E-state index in [1.165, 1.54) is 11.7 Å². The number of benzene rings is 1. The van der Waals surface area contributed by atoms with E-state index in [0.29, 0.717) is 11.4 Å². The molecule has 0 saturated heterocycles. The Morgan fingerprint density at radius 3 is 2.50 bits per heavy atom. The van der Waals surface area contributed by atoms with Crippen LogP contribution in [-0.4, -0.2) is 45.2 Å². The molecule has 3 N–H and O–H groups in total. The fraction of sp³-hybridized carbons (Fsp3) is 0.409. The van der Waals surface area contributed by atoms with Crippen molar-refractivity contribution in [1.82, 2.24) is 20.3 Å². The molecule has 0 saturated carbocycles. The average molecular weight is 444 g/mol. The Bertz CT molecular complexity index is 1020. The normalized spacial score (nSPS) is 11.5. The number of rotatable bonds is 11. The lowest BCUT2D eigenvalue weighted by molar-refractivity contribution is -0.137. The molecule has 0 aliphatic rings. The number of hydrogen-bond acceptors (Lipinski definition) is 6.